The first kappa shape index (κ1) is 19.0. The van der Waals surface area contributed by atoms with E-state index in [2.05, 4.69) is 10.0 Å². The largest absolute Gasteiger partial charge is 0.468 e. The van der Waals surface area contributed by atoms with Gasteiger partial charge in [-0.3, -0.25) is 9.59 Å². The number of Topliss-reactive ketones (excluding diaryl/α,β-unsaturated/α-hetero) is 1. The van der Waals surface area contributed by atoms with Crippen LogP contribution in [0.15, 0.2) is 64.1 Å². The van der Waals surface area contributed by atoms with Crippen LogP contribution in [0.2, 0.25) is 0 Å². The highest BCUT2D eigenvalue weighted by molar-refractivity contribution is 7.89. The number of anilines is 1. The number of thiophene rings is 1. The van der Waals surface area contributed by atoms with E-state index in [1.807, 2.05) is 0 Å². The lowest BCUT2D eigenvalue weighted by atomic mass is 10.3. The fraction of sp³-hybridized carbons (Fsp3) is 0.111. The second kappa shape index (κ2) is 7.87. The van der Waals surface area contributed by atoms with Gasteiger partial charge in [0.25, 0.3) is 5.91 Å². The molecule has 9 heteroatoms. The SMILES string of the molecule is CC(=O)c1ccc(C(=O)Nc2ccc(S(=O)(=O)NCc3ccco3)cc2)s1. The maximum absolute atomic E-state index is 12.3. The van der Waals surface area contributed by atoms with Crippen LogP contribution in [0, 0.1) is 0 Å². The Morgan fingerprint density at radius 3 is 2.33 bits per heavy atom. The maximum atomic E-state index is 12.3. The molecule has 1 amide bonds. The van der Waals surface area contributed by atoms with Crippen molar-refractivity contribution in [1.82, 2.24) is 4.72 Å². The van der Waals surface area contributed by atoms with E-state index in [0.29, 0.717) is 21.2 Å². The van der Waals surface area contributed by atoms with Crippen LogP contribution < -0.4 is 10.0 Å². The predicted molar refractivity (Wildman–Crippen MR) is 101 cm³/mol. The number of sulfonamides is 1. The second-order valence-corrected chi connectivity index (χ2v) is 8.45. The summed E-state index contributed by atoms with van der Waals surface area (Å²) in [5.41, 5.74) is 0.447. The molecule has 1 aromatic carbocycles. The highest BCUT2D eigenvalue weighted by Crippen LogP contribution is 2.20. The van der Waals surface area contributed by atoms with Gasteiger partial charge in [0.15, 0.2) is 5.78 Å². The number of hydrogen-bond donors (Lipinski definition) is 2. The molecule has 0 saturated carbocycles. The summed E-state index contributed by atoms with van der Waals surface area (Å²) in [7, 11) is -3.70. The van der Waals surface area contributed by atoms with E-state index in [0.717, 1.165) is 11.3 Å². The molecule has 7 nitrogen and oxygen atoms in total. The van der Waals surface area contributed by atoms with Crippen LogP contribution in [0.5, 0.6) is 0 Å². The van der Waals surface area contributed by atoms with Crippen molar-refractivity contribution in [1.29, 1.82) is 0 Å². The zero-order chi connectivity index (χ0) is 19.4. The minimum Gasteiger partial charge on any atom is -0.468 e. The van der Waals surface area contributed by atoms with E-state index < -0.39 is 10.0 Å². The van der Waals surface area contributed by atoms with E-state index in [4.69, 9.17) is 4.42 Å². The van der Waals surface area contributed by atoms with Crippen LogP contribution in [-0.4, -0.2) is 20.1 Å². The van der Waals surface area contributed by atoms with Crippen molar-refractivity contribution >= 4 is 38.7 Å². The highest BCUT2D eigenvalue weighted by Gasteiger charge is 2.15. The van der Waals surface area contributed by atoms with Crippen molar-refractivity contribution in [2.24, 2.45) is 0 Å². The van der Waals surface area contributed by atoms with Gasteiger partial charge in [0, 0.05) is 5.69 Å². The molecule has 0 bridgehead atoms. The minimum absolute atomic E-state index is 0.0463. The third-order valence-corrected chi connectivity index (χ3v) is 6.22. The van der Waals surface area contributed by atoms with Gasteiger partial charge < -0.3 is 9.73 Å². The number of amides is 1. The number of carbonyl (C=O) groups is 2. The number of furan rings is 1. The monoisotopic (exact) mass is 404 g/mol. The Labute approximate surface area is 160 Å². The van der Waals surface area contributed by atoms with E-state index in [1.165, 1.54) is 37.5 Å². The average Bonchev–Trinajstić information content (AvgIpc) is 3.32. The van der Waals surface area contributed by atoms with Crippen LogP contribution in [0.25, 0.3) is 0 Å². The summed E-state index contributed by atoms with van der Waals surface area (Å²) in [6.07, 6.45) is 1.47. The van der Waals surface area contributed by atoms with Gasteiger partial charge in [0.05, 0.1) is 27.5 Å². The smallest absolute Gasteiger partial charge is 0.265 e. The molecule has 0 spiro atoms. The molecule has 3 rings (SSSR count). The summed E-state index contributed by atoms with van der Waals surface area (Å²) < 4.78 is 32.1. The van der Waals surface area contributed by atoms with Crippen LogP contribution in [0.4, 0.5) is 5.69 Å². The van der Waals surface area contributed by atoms with Crippen molar-refractivity contribution in [2.45, 2.75) is 18.4 Å². The zero-order valence-electron chi connectivity index (χ0n) is 14.3. The lowest BCUT2D eigenvalue weighted by Crippen LogP contribution is -2.23. The Morgan fingerprint density at radius 2 is 1.74 bits per heavy atom. The van der Waals surface area contributed by atoms with Gasteiger partial charge in [0.1, 0.15) is 5.76 Å². The fourth-order valence-corrected chi connectivity index (χ4v) is 4.01. The molecular weight excluding hydrogens is 388 g/mol. The Morgan fingerprint density at radius 1 is 1.04 bits per heavy atom. The maximum Gasteiger partial charge on any atom is 0.265 e. The first-order valence-electron chi connectivity index (χ1n) is 7.89. The zero-order valence-corrected chi connectivity index (χ0v) is 15.9. The fourth-order valence-electron chi connectivity index (χ4n) is 2.22. The standard InChI is InChI=1S/C18H16N2O5S2/c1-12(21)16-8-9-17(26-16)18(22)20-13-4-6-15(7-5-13)27(23,24)19-11-14-3-2-10-25-14/h2-10,19H,11H2,1H3,(H,20,22). The van der Waals surface area contributed by atoms with Gasteiger partial charge in [0.2, 0.25) is 10.0 Å². The average molecular weight is 404 g/mol. The normalized spacial score (nSPS) is 11.3. The lowest BCUT2D eigenvalue weighted by molar-refractivity contribution is 0.101. The van der Waals surface area contributed by atoms with Crippen LogP contribution in [-0.2, 0) is 16.6 Å². The Balaban J connectivity index is 1.65. The van der Waals surface area contributed by atoms with Gasteiger partial charge in [-0.05, 0) is 55.5 Å². The van der Waals surface area contributed by atoms with E-state index in [1.54, 1.807) is 24.3 Å². The second-order valence-electron chi connectivity index (χ2n) is 5.60. The molecule has 140 valence electrons. The summed E-state index contributed by atoms with van der Waals surface area (Å²) in [5, 5.41) is 2.67. The quantitative estimate of drug-likeness (QED) is 0.588. The lowest BCUT2D eigenvalue weighted by Gasteiger charge is -2.07. The van der Waals surface area contributed by atoms with E-state index >= 15 is 0 Å². The van der Waals surface area contributed by atoms with Gasteiger partial charge in [-0.1, -0.05) is 0 Å². The van der Waals surface area contributed by atoms with Gasteiger partial charge in [-0.25, -0.2) is 13.1 Å². The predicted octanol–water partition coefficient (Wildman–Crippen LogP) is 3.27. The number of hydrogen-bond acceptors (Lipinski definition) is 6. The van der Waals surface area contributed by atoms with Crippen molar-refractivity contribution in [2.75, 3.05) is 5.32 Å². The summed E-state index contributed by atoms with van der Waals surface area (Å²) in [5.74, 6) is 0.0399. The molecule has 0 radical (unpaired) electrons. The summed E-state index contributed by atoms with van der Waals surface area (Å²) in [6.45, 7) is 1.48. The van der Waals surface area contributed by atoms with E-state index in [-0.39, 0.29) is 23.1 Å². The third kappa shape index (κ3) is 4.70. The molecular formula is C18H16N2O5S2. The number of rotatable bonds is 7. The van der Waals surface area contributed by atoms with Crippen molar-refractivity contribution in [3.05, 3.63) is 70.3 Å². The first-order chi connectivity index (χ1) is 12.8. The first-order valence-corrected chi connectivity index (χ1v) is 10.2. The number of carbonyl (C=O) groups excluding carboxylic acids is 2. The third-order valence-electron chi connectivity index (χ3n) is 3.62. The number of nitrogens with one attached hydrogen (secondary N) is 2. The molecule has 2 aromatic heterocycles. The Bertz CT molecular complexity index is 1050. The molecule has 0 saturated heterocycles. The summed E-state index contributed by atoms with van der Waals surface area (Å²) in [6, 6.07) is 12.3. The van der Waals surface area contributed by atoms with Crippen LogP contribution in [0.1, 0.15) is 32.0 Å². The molecule has 2 N–H and O–H groups in total. The van der Waals surface area contributed by atoms with Crippen LogP contribution >= 0.6 is 11.3 Å². The molecule has 0 fully saturated rings. The topological polar surface area (TPSA) is 105 Å². The Hall–Kier alpha value is -2.75. The minimum atomic E-state index is -3.70. The number of benzene rings is 1. The van der Waals surface area contributed by atoms with Gasteiger partial charge >= 0.3 is 0 Å². The molecule has 27 heavy (non-hydrogen) atoms. The molecule has 3 aromatic rings. The number of ketones is 1. The molecule has 0 aliphatic heterocycles. The Kier molecular flexibility index (Phi) is 5.54. The van der Waals surface area contributed by atoms with Crippen molar-refractivity contribution < 1.29 is 22.4 Å². The van der Waals surface area contributed by atoms with Gasteiger partial charge in [-0.2, -0.15) is 0 Å². The van der Waals surface area contributed by atoms with E-state index in [9.17, 15) is 18.0 Å². The summed E-state index contributed by atoms with van der Waals surface area (Å²) in [4.78, 5) is 24.5. The van der Waals surface area contributed by atoms with Gasteiger partial charge in [-0.15, -0.1) is 11.3 Å². The van der Waals surface area contributed by atoms with Crippen molar-refractivity contribution in [3.8, 4) is 0 Å². The molecule has 2 heterocycles. The summed E-state index contributed by atoms with van der Waals surface area (Å²) >= 11 is 1.10. The van der Waals surface area contributed by atoms with Crippen LogP contribution in [0.3, 0.4) is 0 Å². The highest BCUT2D eigenvalue weighted by atomic mass is 32.2. The molecule has 0 atom stereocenters. The molecule has 0 aliphatic rings. The molecule has 0 aliphatic carbocycles. The van der Waals surface area contributed by atoms with Crippen molar-refractivity contribution in [3.63, 3.8) is 0 Å². The molecule has 0 unspecified atom stereocenters.